The van der Waals surface area contributed by atoms with Crippen LogP contribution in [-0.2, 0) is 27.9 Å². The summed E-state index contributed by atoms with van der Waals surface area (Å²) in [6.45, 7) is 8.97. The molecule has 1 amide bonds. The van der Waals surface area contributed by atoms with Crippen molar-refractivity contribution >= 4 is 21.6 Å². The van der Waals surface area contributed by atoms with Gasteiger partial charge in [0.15, 0.2) is 0 Å². The van der Waals surface area contributed by atoms with Crippen LogP contribution < -0.4 is 9.62 Å². The van der Waals surface area contributed by atoms with Gasteiger partial charge in [0.1, 0.15) is 6.54 Å². The second kappa shape index (κ2) is 10.5. The van der Waals surface area contributed by atoms with Gasteiger partial charge in [0.05, 0.1) is 11.9 Å². The van der Waals surface area contributed by atoms with Gasteiger partial charge in [0.2, 0.25) is 15.9 Å². The van der Waals surface area contributed by atoms with Crippen molar-refractivity contribution < 1.29 is 13.2 Å². The van der Waals surface area contributed by atoms with Crippen LogP contribution in [-0.4, -0.2) is 45.1 Å². The van der Waals surface area contributed by atoms with E-state index in [1.807, 2.05) is 51.1 Å². The number of hydrogen-bond donors (Lipinski definition) is 1. The van der Waals surface area contributed by atoms with Crippen molar-refractivity contribution in [1.29, 1.82) is 0 Å². The third-order valence-corrected chi connectivity index (χ3v) is 7.12. The highest BCUT2D eigenvalue weighted by molar-refractivity contribution is 7.92. The van der Waals surface area contributed by atoms with Gasteiger partial charge in [-0.05, 0) is 69.0 Å². The third kappa shape index (κ3) is 6.33. The zero-order valence-electron chi connectivity index (χ0n) is 19.6. The standard InChI is InChI=1S/C25H35N3O3S/c1-19-14-20(2)25(21(3)15-19)28(32(4,30)31)18-24(29)26-16-22-10-6-7-11-23(22)17-27-12-8-5-9-13-27/h6-7,10-11,14-15H,5,8-9,12-13,16-18H2,1-4H3,(H,26,29). The molecule has 32 heavy (non-hydrogen) atoms. The minimum Gasteiger partial charge on any atom is -0.350 e. The molecule has 0 unspecified atom stereocenters. The van der Waals surface area contributed by atoms with Crippen LogP contribution in [0.2, 0.25) is 0 Å². The lowest BCUT2D eigenvalue weighted by Gasteiger charge is -2.27. The van der Waals surface area contributed by atoms with E-state index in [0.29, 0.717) is 12.2 Å². The van der Waals surface area contributed by atoms with Gasteiger partial charge in [-0.25, -0.2) is 8.42 Å². The fourth-order valence-electron chi connectivity index (χ4n) is 4.55. The zero-order chi connectivity index (χ0) is 23.3. The molecule has 0 radical (unpaired) electrons. The molecule has 0 aromatic heterocycles. The maximum absolute atomic E-state index is 12.8. The van der Waals surface area contributed by atoms with E-state index in [2.05, 4.69) is 16.3 Å². The number of anilines is 1. The number of carbonyl (C=O) groups is 1. The summed E-state index contributed by atoms with van der Waals surface area (Å²) >= 11 is 0. The van der Waals surface area contributed by atoms with E-state index in [1.54, 1.807) is 0 Å². The summed E-state index contributed by atoms with van der Waals surface area (Å²) in [5.41, 5.74) is 5.60. The van der Waals surface area contributed by atoms with E-state index < -0.39 is 10.0 Å². The molecule has 0 saturated carbocycles. The van der Waals surface area contributed by atoms with Crippen molar-refractivity contribution in [3.05, 3.63) is 64.2 Å². The molecule has 1 aliphatic rings. The monoisotopic (exact) mass is 457 g/mol. The summed E-state index contributed by atoms with van der Waals surface area (Å²) in [5.74, 6) is -0.317. The number of sulfonamides is 1. The maximum Gasteiger partial charge on any atom is 0.241 e. The number of piperidine rings is 1. The predicted octanol–water partition coefficient (Wildman–Crippen LogP) is 3.68. The van der Waals surface area contributed by atoms with E-state index in [1.165, 1.54) is 29.1 Å². The highest BCUT2D eigenvalue weighted by Gasteiger charge is 2.24. The molecule has 0 spiro atoms. The maximum atomic E-state index is 12.8. The predicted molar refractivity (Wildman–Crippen MR) is 130 cm³/mol. The number of nitrogens with zero attached hydrogens (tertiary/aromatic N) is 2. The van der Waals surface area contributed by atoms with Crippen LogP contribution in [0.25, 0.3) is 0 Å². The first-order chi connectivity index (χ1) is 15.1. The van der Waals surface area contributed by atoms with Gasteiger partial charge in [0, 0.05) is 13.1 Å². The number of amides is 1. The van der Waals surface area contributed by atoms with Gasteiger partial charge in [-0.1, -0.05) is 48.4 Å². The highest BCUT2D eigenvalue weighted by atomic mass is 32.2. The first kappa shape index (κ1) is 24.3. The van der Waals surface area contributed by atoms with E-state index in [4.69, 9.17) is 0 Å². The Bertz CT molecular complexity index is 1040. The summed E-state index contributed by atoms with van der Waals surface area (Å²) in [7, 11) is -3.62. The third-order valence-electron chi connectivity index (χ3n) is 6.01. The van der Waals surface area contributed by atoms with E-state index in [0.717, 1.165) is 48.1 Å². The van der Waals surface area contributed by atoms with Gasteiger partial charge in [0.25, 0.3) is 0 Å². The van der Waals surface area contributed by atoms with Gasteiger partial charge in [-0.3, -0.25) is 14.0 Å². The summed E-state index contributed by atoms with van der Waals surface area (Å²) in [4.78, 5) is 15.3. The summed E-state index contributed by atoms with van der Waals surface area (Å²) in [6.07, 6.45) is 4.91. The van der Waals surface area contributed by atoms with E-state index >= 15 is 0 Å². The van der Waals surface area contributed by atoms with Crippen LogP contribution >= 0.6 is 0 Å². The number of hydrogen-bond acceptors (Lipinski definition) is 4. The average Bonchev–Trinajstić information content (AvgIpc) is 2.72. The number of aryl methyl sites for hydroxylation is 3. The molecule has 7 heteroatoms. The number of carbonyl (C=O) groups excluding carboxylic acids is 1. The fourth-order valence-corrected chi connectivity index (χ4v) is 5.52. The summed E-state index contributed by atoms with van der Waals surface area (Å²) in [6, 6.07) is 12.0. The van der Waals surface area contributed by atoms with Crippen molar-refractivity contribution in [3.8, 4) is 0 Å². The van der Waals surface area contributed by atoms with Crippen molar-refractivity contribution in [2.24, 2.45) is 0 Å². The first-order valence-corrected chi connectivity index (χ1v) is 13.1. The van der Waals surface area contributed by atoms with Crippen LogP contribution in [0, 0.1) is 20.8 Å². The molecule has 0 atom stereocenters. The minimum atomic E-state index is -3.62. The van der Waals surface area contributed by atoms with Gasteiger partial charge in [-0.2, -0.15) is 0 Å². The molecule has 174 valence electrons. The Morgan fingerprint density at radius 2 is 1.59 bits per heavy atom. The molecule has 2 aromatic carbocycles. The molecule has 1 saturated heterocycles. The lowest BCUT2D eigenvalue weighted by atomic mass is 10.0. The normalized spacial score (nSPS) is 14.9. The Hall–Kier alpha value is -2.38. The molecular formula is C25H35N3O3S. The van der Waals surface area contributed by atoms with Crippen molar-refractivity contribution in [2.45, 2.75) is 53.1 Å². The van der Waals surface area contributed by atoms with Crippen LogP contribution in [0.15, 0.2) is 36.4 Å². The minimum absolute atomic E-state index is 0.238. The number of likely N-dealkylation sites (tertiary alicyclic amines) is 1. The largest absolute Gasteiger partial charge is 0.350 e. The van der Waals surface area contributed by atoms with Gasteiger partial charge >= 0.3 is 0 Å². The lowest BCUT2D eigenvalue weighted by Crippen LogP contribution is -2.41. The summed E-state index contributed by atoms with van der Waals surface area (Å²) in [5, 5.41) is 2.94. The number of benzene rings is 2. The van der Waals surface area contributed by atoms with Crippen LogP contribution in [0.5, 0.6) is 0 Å². The molecule has 0 aliphatic carbocycles. The zero-order valence-corrected chi connectivity index (χ0v) is 20.5. The average molecular weight is 458 g/mol. The van der Waals surface area contributed by atoms with Gasteiger partial charge < -0.3 is 5.32 Å². The van der Waals surface area contributed by atoms with E-state index in [9.17, 15) is 13.2 Å². The number of nitrogens with one attached hydrogen (secondary N) is 1. The molecule has 0 bridgehead atoms. The van der Waals surface area contributed by atoms with Crippen LogP contribution in [0.1, 0.15) is 47.1 Å². The van der Waals surface area contributed by atoms with Crippen molar-refractivity contribution in [3.63, 3.8) is 0 Å². The Morgan fingerprint density at radius 3 is 2.19 bits per heavy atom. The molecular weight excluding hydrogens is 422 g/mol. The topological polar surface area (TPSA) is 69.7 Å². The highest BCUT2D eigenvalue weighted by Crippen LogP contribution is 2.28. The Labute approximate surface area is 192 Å². The Morgan fingerprint density at radius 1 is 1.00 bits per heavy atom. The fraction of sp³-hybridized carbons (Fsp3) is 0.480. The quantitative estimate of drug-likeness (QED) is 0.657. The first-order valence-electron chi connectivity index (χ1n) is 11.3. The molecule has 1 aliphatic heterocycles. The lowest BCUT2D eigenvalue weighted by molar-refractivity contribution is -0.119. The van der Waals surface area contributed by atoms with Gasteiger partial charge in [-0.15, -0.1) is 0 Å². The van der Waals surface area contributed by atoms with Crippen LogP contribution in [0.3, 0.4) is 0 Å². The molecule has 6 nitrogen and oxygen atoms in total. The van der Waals surface area contributed by atoms with Crippen molar-refractivity contribution in [1.82, 2.24) is 10.2 Å². The summed E-state index contributed by atoms with van der Waals surface area (Å²) < 4.78 is 26.3. The SMILES string of the molecule is Cc1cc(C)c(N(CC(=O)NCc2ccccc2CN2CCCCC2)S(C)(=O)=O)c(C)c1. The van der Waals surface area contributed by atoms with Crippen LogP contribution in [0.4, 0.5) is 5.69 Å². The molecule has 1 heterocycles. The molecule has 1 fully saturated rings. The Balaban J connectivity index is 1.71. The smallest absolute Gasteiger partial charge is 0.241 e. The molecule has 3 rings (SSSR count). The second-order valence-electron chi connectivity index (χ2n) is 8.90. The van der Waals surface area contributed by atoms with E-state index in [-0.39, 0.29) is 12.5 Å². The molecule has 2 aromatic rings. The molecule has 1 N–H and O–H groups in total. The Kier molecular flexibility index (Phi) is 7.96. The van der Waals surface area contributed by atoms with Crippen molar-refractivity contribution in [2.75, 3.05) is 30.2 Å². The number of rotatable bonds is 8. The second-order valence-corrected chi connectivity index (χ2v) is 10.8.